The Morgan fingerprint density at radius 3 is 2.57 bits per heavy atom. The second kappa shape index (κ2) is 7.84. The Kier molecular flexibility index (Phi) is 6.08. The van der Waals surface area contributed by atoms with E-state index in [9.17, 15) is 14.7 Å². The van der Waals surface area contributed by atoms with Crippen LogP contribution in [-0.2, 0) is 14.2 Å². The predicted octanol–water partition coefficient (Wildman–Crippen LogP) is -0.751. The van der Waals surface area contributed by atoms with E-state index in [1.165, 1.54) is 10.8 Å². The summed E-state index contributed by atoms with van der Waals surface area (Å²) in [7, 11) is 0. The van der Waals surface area contributed by atoms with Crippen LogP contribution in [0.25, 0.3) is 0 Å². The summed E-state index contributed by atoms with van der Waals surface area (Å²) in [5.74, 6) is 0. The molecule has 130 valence electrons. The van der Waals surface area contributed by atoms with Gasteiger partial charge in [0.25, 0.3) is 5.56 Å². The Morgan fingerprint density at radius 1 is 1.39 bits per heavy atom. The van der Waals surface area contributed by atoms with Gasteiger partial charge >= 0.3 is 5.69 Å². The normalized spacial score (nSPS) is 24.5. The van der Waals surface area contributed by atoms with Crippen LogP contribution < -0.4 is 11.2 Å². The van der Waals surface area contributed by atoms with Crippen LogP contribution in [0.2, 0.25) is 0 Å². The van der Waals surface area contributed by atoms with E-state index in [0.717, 1.165) is 0 Å². The molecule has 0 saturated carbocycles. The first kappa shape index (κ1) is 17.8. The molecule has 0 amide bonds. The van der Waals surface area contributed by atoms with Gasteiger partial charge in [-0.1, -0.05) is 0 Å². The van der Waals surface area contributed by atoms with Gasteiger partial charge < -0.3 is 24.4 Å². The van der Waals surface area contributed by atoms with Crippen LogP contribution in [-0.4, -0.2) is 51.8 Å². The van der Waals surface area contributed by atoms with Crippen molar-refractivity contribution in [3.05, 3.63) is 32.6 Å². The van der Waals surface area contributed by atoms with E-state index in [-0.39, 0.29) is 18.6 Å². The summed E-state index contributed by atoms with van der Waals surface area (Å²) in [4.78, 5) is 26.2. The minimum absolute atomic E-state index is 0.130. The Labute approximate surface area is 132 Å². The van der Waals surface area contributed by atoms with Crippen molar-refractivity contribution in [1.29, 1.82) is 0 Å². The molecule has 0 radical (unpaired) electrons. The van der Waals surface area contributed by atoms with Crippen molar-refractivity contribution in [1.82, 2.24) is 9.55 Å². The third kappa shape index (κ3) is 3.88. The number of aromatic nitrogens is 2. The average molecular weight is 330 g/mol. The summed E-state index contributed by atoms with van der Waals surface area (Å²) in [6, 6.07) is 0. The quantitative estimate of drug-likeness (QED) is 0.562. The van der Waals surface area contributed by atoms with E-state index in [0.29, 0.717) is 13.2 Å². The molecule has 9 heteroatoms. The summed E-state index contributed by atoms with van der Waals surface area (Å²) >= 11 is 0. The number of H-pyrrole nitrogens is 1. The van der Waals surface area contributed by atoms with Gasteiger partial charge in [0.15, 0.2) is 6.29 Å². The van der Waals surface area contributed by atoms with Crippen LogP contribution in [0.5, 0.6) is 0 Å². The van der Waals surface area contributed by atoms with Crippen LogP contribution in [0.3, 0.4) is 0 Å². The van der Waals surface area contributed by atoms with E-state index < -0.39 is 36.0 Å². The van der Waals surface area contributed by atoms with Crippen molar-refractivity contribution in [2.24, 2.45) is 0 Å². The van der Waals surface area contributed by atoms with Crippen LogP contribution in [0.1, 0.15) is 38.3 Å². The van der Waals surface area contributed by atoms with Crippen LogP contribution in [0, 0.1) is 0 Å². The smallest absolute Gasteiger partial charge is 0.330 e. The molecule has 1 aromatic heterocycles. The fourth-order valence-electron chi connectivity index (χ4n) is 2.46. The number of nitrogens with one attached hydrogen (secondary N) is 1. The number of aliphatic hydroxyl groups excluding tert-OH is 2. The molecule has 3 N–H and O–H groups in total. The highest BCUT2D eigenvalue weighted by Crippen LogP contribution is 2.27. The highest BCUT2D eigenvalue weighted by atomic mass is 16.7. The first-order chi connectivity index (χ1) is 11.0. The van der Waals surface area contributed by atoms with E-state index in [1.807, 2.05) is 0 Å². The second-order valence-electron chi connectivity index (χ2n) is 5.11. The number of hydrogen-bond donors (Lipinski definition) is 3. The lowest BCUT2D eigenvalue weighted by atomic mass is 10.2. The van der Waals surface area contributed by atoms with E-state index in [2.05, 4.69) is 4.98 Å². The fraction of sp³-hybridized carbons (Fsp3) is 0.714. The Balaban J connectivity index is 2.36. The molecule has 23 heavy (non-hydrogen) atoms. The van der Waals surface area contributed by atoms with Gasteiger partial charge in [-0.3, -0.25) is 14.3 Å². The number of rotatable bonds is 7. The number of aromatic amines is 1. The molecule has 9 nitrogen and oxygen atoms in total. The molecular weight excluding hydrogens is 308 g/mol. The topological polar surface area (TPSA) is 123 Å². The van der Waals surface area contributed by atoms with Crippen molar-refractivity contribution in [3.63, 3.8) is 0 Å². The second-order valence-corrected chi connectivity index (χ2v) is 5.11. The first-order valence-electron chi connectivity index (χ1n) is 7.54. The van der Waals surface area contributed by atoms with Gasteiger partial charge in [-0.2, -0.15) is 0 Å². The van der Waals surface area contributed by atoms with Crippen molar-refractivity contribution >= 4 is 0 Å². The van der Waals surface area contributed by atoms with Crippen molar-refractivity contribution in [3.8, 4) is 0 Å². The minimum Gasteiger partial charge on any atom is -0.394 e. The largest absolute Gasteiger partial charge is 0.394 e. The standard InChI is InChI=1S/C14H22N2O7/c1-3-21-13(22-4-2)8-6-16(14(20)15-12(8)19)11-5-9(18)10(7-17)23-11/h6,9-11,13,17-18H,3-5,7H2,1-2H3,(H,15,19,20)/t9-,10+,11?/m0/s1. The Morgan fingerprint density at radius 2 is 2.04 bits per heavy atom. The van der Waals surface area contributed by atoms with Gasteiger partial charge in [-0.15, -0.1) is 0 Å². The SMILES string of the molecule is CCOC(OCC)c1cn(C2C[C@H](O)[C@@H](CO)O2)c(=O)[nH]c1=O. The molecule has 1 fully saturated rings. The molecule has 0 bridgehead atoms. The molecule has 1 saturated heterocycles. The summed E-state index contributed by atoms with van der Waals surface area (Å²) < 4.78 is 17.4. The lowest BCUT2D eigenvalue weighted by Gasteiger charge is -2.19. The lowest BCUT2D eigenvalue weighted by molar-refractivity contribution is -0.141. The minimum atomic E-state index is -0.902. The Hall–Kier alpha value is -1.52. The number of nitrogens with zero attached hydrogens (tertiary/aromatic N) is 1. The third-order valence-electron chi connectivity index (χ3n) is 3.58. The van der Waals surface area contributed by atoms with Gasteiger partial charge in [0.2, 0.25) is 0 Å². The highest BCUT2D eigenvalue weighted by Gasteiger charge is 2.35. The summed E-state index contributed by atoms with van der Waals surface area (Å²) in [6.45, 7) is 3.82. The molecule has 2 rings (SSSR count). The maximum absolute atomic E-state index is 12.0. The third-order valence-corrected chi connectivity index (χ3v) is 3.58. The van der Waals surface area contributed by atoms with Crippen LogP contribution in [0.15, 0.2) is 15.8 Å². The maximum atomic E-state index is 12.0. The van der Waals surface area contributed by atoms with Crippen molar-refractivity contribution in [2.45, 2.75) is 45.0 Å². The monoisotopic (exact) mass is 330 g/mol. The average Bonchev–Trinajstić information content (AvgIpc) is 2.88. The molecule has 1 unspecified atom stereocenters. The summed E-state index contributed by atoms with van der Waals surface area (Å²) in [5.41, 5.74) is -1.13. The first-order valence-corrected chi connectivity index (χ1v) is 7.54. The Bertz CT molecular complexity index is 620. The number of ether oxygens (including phenoxy) is 3. The molecule has 1 aromatic rings. The zero-order chi connectivity index (χ0) is 17.0. The molecule has 1 aliphatic rings. The zero-order valence-corrected chi connectivity index (χ0v) is 13.1. The van der Waals surface area contributed by atoms with Gasteiger partial charge in [0.1, 0.15) is 12.3 Å². The van der Waals surface area contributed by atoms with Crippen molar-refractivity contribution < 1.29 is 24.4 Å². The van der Waals surface area contributed by atoms with E-state index in [4.69, 9.17) is 19.3 Å². The van der Waals surface area contributed by atoms with Crippen LogP contribution >= 0.6 is 0 Å². The molecule has 2 heterocycles. The van der Waals surface area contributed by atoms with Crippen LogP contribution in [0.4, 0.5) is 0 Å². The van der Waals surface area contributed by atoms with Crippen molar-refractivity contribution in [2.75, 3.05) is 19.8 Å². The fourth-order valence-corrected chi connectivity index (χ4v) is 2.46. The summed E-state index contributed by atoms with van der Waals surface area (Å²) in [6.07, 6.45) is -1.90. The maximum Gasteiger partial charge on any atom is 0.330 e. The lowest BCUT2D eigenvalue weighted by Crippen LogP contribution is -2.35. The molecule has 0 aromatic carbocycles. The molecule has 3 atom stereocenters. The van der Waals surface area contributed by atoms with E-state index >= 15 is 0 Å². The predicted molar refractivity (Wildman–Crippen MR) is 78.9 cm³/mol. The van der Waals surface area contributed by atoms with Gasteiger partial charge in [0.05, 0.1) is 18.3 Å². The van der Waals surface area contributed by atoms with E-state index in [1.54, 1.807) is 13.8 Å². The highest BCUT2D eigenvalue weighted by molar-refractivity contribution is 5.07. The van der Waals surface area contributed by atoms with Gasteiger partial charge in [0, 0.05) is 25.8 Å². The molecular formula is C14H22N2O7. The zero-order valence-electron chi connectivity index (χ0n) is 13.1. The molecule has 1 aliphatic heterocycles. The van der Waals surface area contributed by atoms with Gasteiger partial charge in [-0.05, 0) is 13.8 Å². The molecule has 0 spiro atoms. The number of aliphatic hydroxyl groups is 2. The molecule has 0 aliphatic carbocycles. The number of hydrogen-bond acceptors (Lipinski definition) is 7. The van der Waals surface area contributed by atoms with Gasteiger partial charge in [-0.25, -0.2) is 4.79 Å². The summed E-state index contributed by atoms with van der Waals surface area (Å²) in [5, 5.41) is 18.9.